The third kappa shape index (κ3) is 5.45. The molecule has 1 aliphatic carbocycles. The molecule has 8 heteroatoms. The number of hydrogen-bond donors (Lipinski definition) is 3. The van der Waals surface area contributed by atoms with Crippen LogP contribution in [0.15, 0.2) is 42.5 Å². The van der Waals surface area contributed by atoms with E-state index < -0.39 is 17.6 Å². The minimum Gasteiger partial charge on any atom is -0.393 e. The number of benzene rings is 1. The number of carbonyl (C=O) groups excluding carboxylic acids is 1. The van der Waals surface area contributed by atoms with Crippen LogP contribution < -0.4 is 10.6 Å². The maximum absolute atomic E-state index is 12.8. The number of nitrogens with one attached hydrogen (secondary N) is 2. The van der Waals surface area contributed by atoms with Gasteiger partial charge in [0.25, 0.3) is 5.91 Å². The lowest BCUT2D eigenvalue weighted by atomic mass is 9.93. The fourth-order valence-corrected chi connectivity index (χ4v) is 3.20. The van der Waals surface area contributed by atoms with Gasteiger partial charge in [0.1, 0.15) is 11.5 Å². The lowest BCUT2D eigenvalue weighted by Crippen LogP contribution is -2.29. The number of alkyl halides is 3. The van der Waals surface area contributed by atoms with Crippen LogP contribution in [-0.4, -0.2) is 28.1 Å². The van der Waals surface area contributed by atoms with Crippen molar-refractivity contribution in [2.24, 2.45) is 0 Å². The van der Waals surface area contributed by atoms with E-state index in [4.69, 9.17) is 0 Å². The molecular weight excluding hydrogens is 371 g/mol. The second-order valence-corrected chi connectivity index (χ2v) is 6.94. The number of pyridine rings is 1. The third-order valence-electron chi connectivity index (χ3n) is 4.74. The number of rotatable bonds is 5. The van der Waals surface area contributed by atoms with Gasteiger partial charge in [0.15, 0.2) is 0 Å². The monoisotopic (exact) mass is 393 g/mol. The molecular formula is C20H22F3N3O2. The summed E-state index contributed by atoms with van der Waals surface area (Å²) in [6.07, 6.45) is -1.55. The van der Waals surface area contributed by atoms with Gasteiger partial charge in [-0.05, 0) is 55.5 Å². The SMILES string of the molecule is O=C(NCc1cccc(C(F)(F)F)c1)c1cccc(NC2CCC(O)CC2)n1. The number of hydrogen-bond acceptors (Lipinski definition) is 4. The first-order chi connectivity index (χ1) is 13.3. The number of aliphatic hydroxyl groups excluding tert-OH is 1. The van der Waals surface area contributed by atoms with E-state index in [9.17, 15) is 23.1 Å². The first-order valence-electron chi connectivity index (χ1n) is 9.17. The molecule has 1 aliphatic rings. The van der Waals surface area contributed by atoms with E-state index in [1.165, 1.54) is 12.1 Å². The van der Waals surface area contributed by atoms with Gasteiger partial charge in [0, 0.05) is 12.6 Å². The van der Waals surface area contributed by atoms with Crippen molar-refractivity contribution < 1.29 is 23.1 Å². The van der Waals surface area contributed by atoms with Gasteiger partial charge in [-0.2, -0.15) is 13.2 Å². The Labute approximate surface area is 161 Å². The van der Waals surface area contributed by atoms with Crippen molar-refractivity contribution in [3.05, 3.63) is 59.3 Å². The number of aliphatic hydroxyl groups is 1. The average molecular weight is 393 g/mol. The number of aromatic nitrogens is 1. The minimum atomic E-state index is -4.42. The highest BCUT2D eigenvalue weighted by atomic mass is 19.4. The van der Waals surface area contributed by atoms with Crippen molar-refractivity contribution in [2.75, 3.05) is 5.32 Å². The second-order valence-electron chi connectivity index (χ2n) is 6.94. The molecule has 0 saturated heterocycles. The fourth-order valence-electron chi connectivity index (χ4n) is 3.20. The Morgan fingerprint density at radius 2 is 1.82 bits per heavy atom. The van der Waals surface area contributed by atoms with Crippen molar-refractivity contribution in [1.82, 2.24) is 10.3 Å². The lowest BCUT2D eigenvalue weighted by molar-refractivity contribution is -0.137. The van der Waals surface area contributed by atoms with Crippen molar-refractivity contribution in [1.29, 1.82) is 0 Å². The van der Waals surface area contributed by atoms with Crippen molar-refractivity contribution >= 4 is 11.7 Å². The Balaban J connectivity index is 1.59. The summed E-state index contributed by atoms with van der Waals surface area (Å²) in [5.41, 5.74) is -0.202. The number of carbonyl (C=O) groups is 1. The molecule has 150 valence electrons. The minimum absolute atomic E-state index is 0.0252. The zero-order valence-corrected chi connectivity index (χ0v) is 15.2. The summed E-state index contributed by atoms with van der Waals surface area (Å²) in [5.74, 6) is 0.105. The summed E-state index contributed by atoms with van der Waals surface area (Å²) in [6, 6.07) is 10.1. The summed E-state index contributed by atoms with van der Waals surface area (Å²) in [7, 11) is 0. The smallest absolute Gasteiger partial charge is 0.393 e. The molecule has 2 aromatic rings. The highest BCUT2D eigenvalue weighted by Gasteiger charge is 2.30. The van der Waals surface area contributed by atoms with Gasteiger partial charge < -0.3 is 15.7 Å². The molecule has 1 aromatic heterocycles. The van der Waals surface area contributed by atoms with E-state index in [-0.39, 0.29) is 24.4 Å². The van der Waals surface area contributed by atoms with Crippen LogP contribution in [-0.2, 0) is 12.7 Å². The zero-order valence-electron chi connectivity index (χ0n) is 15.2. The van der Waals surface area contributed by atoms with E-state index in [0.717, 1.165) is 37.8 Å². The van der Waals surface area contributed by atoms with Gasteiger partial charge in [-0.1, -0.05) is 18.2 Å². The Bertz CT molecular complexity index is 818. The van der Waals surface area contributed by atoms with Crippen LogP contribution in [0.3, 0.4) is 0 Å². The van der Waals surface area contributed by atoms with Crippen LogP contribution in [0.5, 0.6) is 0 Å². The molecule has 0 unspecified atom stereocenters. The van der Waals surface area contributed by atoms with Crippen molar-refractivity contribution in [3.63, 3.8) is 0 Å². The Hall–Kier alpha value is -2.61. The maximum Gasteiger partial charge on any atom is 0.416 e. The van der Waals surface area contributed by atoms with E-state index in [0.29, 0.717) is 11.4 Å². The number of halogens is 3. The van der Waals surface area contributed by atoms with Crippen LogP contribution in [0.4, 0.5) is 19.0 Å². The third-order valence-corrected chi connectivity index (χ3v) is 4.74. The average Bonchev–Trinajstić information content (AvgIpc) is 2.68. The lowest BCUT2D eigenvalue weighted by Gasteiger charge is -2.26. The number of amides is 1. The number of anilines is 1. The zero-order chi connectivity index (χ0) is 20.1. The van der Waals surface area contributed by atoms with E-state index in [1.807, 2.05) is 0 Å². The molecule has 0 aliphatic heterocycles. The predicted octanol–water partition coefficient (Wildman–Crippen LogP) is 3.75. The Morgan fingerprint density at radius 3 is 2.54 bits per heavy atom. The molecule has 1 heterocycles. The second kappa shape index (κ2) is 8.60. The Kier molecular flexibility index (Phi) is 6.18. The summed E-state index contributed by atoms with van der Waals surface area (Å²) >= 11 is 0. The molecule has 0 spiro atoms. The van der Waals surface area contributed by atoms with E-state index in [1.54, 1.807) is 18.2 Å². The molecule has 0 radical (unpaired) electrons. The van der Waals surface area contributed by atoms with Gasteiger partial charge in [-0.15, -0.1) is 0 Å². The predicted molar refractivity (Wildman–Crippen MR) is 98.7 cm³/mol. The topological polar surface area (TPSA) is 74.2 Å². The first kappa shape index (κ1) is 20.1. The van der Waals surface area contributed by atoms with Crippen molar-refractivity contribution in [2.45, 2.75) is 50.6 Å². The normalized spacial score (nSPS) is 19.9. The summed E-state index contributed by atoms with van der Waals surface area (Å²) < 4.78 is 38.3. The summed E-state index contributed by atoms with van der Waals surface area (Å²) in [4.78, 5) is 16.6. The molecule has 1 amide bonds. The molecule has 0 bridgehead atoms. The highest BCUT2D eigenvalue weighted by Crippen LogP contribution is 2.29. The number of nitrogens with zero attached hydrogens (tertiary/aromatic N) is 1. The first-order valence-corrected chi connectivity index (χ1v) is 9.17. The summed E-state index contributed by atoms with van der Waals surface area (Å²) in [5, 5.41) is 15.4. The molecule has 5 nitrogen and oxygen atoms in total. The van der Waals surface area contributed by atoms with Gasteiger partial charge in [-0.25, -0.2) is 4.98 Å². The molecule has 3 rings (SSSR count). The van der Waals surface area contributed by atoms with Gasteiger partial charge in [0.05, 0.1) is 11.7 Å². The van der Waals surface area contributed by atoms with Crippen molar-refractivity contribution in [3.8, 4) is 0 Å². The molecule has 1 aromatic carbocycles. The molecule has 1 fully saturated rings. The maximum atomic E-state index is 12.8. The molecule has 3 N–H and O–H groups in total. The standard InChI is InChI=1S/C20H22F3N3O2/c21-20(22,23)14-4-1-3-13(11-14)12-24-19(28)17-5-2-6-18(26-17)25-15-7-9-16(27)10-8-15/h1-6,11,15-16,27H,7-10,12H2,(H,24,28)(H,25,26). The largest absolute Gasteiger partial charge is 0.416 e. The molecule has 1 saturated carbocycles. The van der Waals surface area contributed by atoms with E-state index in [2.05, 4.69) is 15.6 Å². The highest BCUT2D eigenvalue weighted by molar-refractivity contribution is 5.92. The van der Waals surface area contributed by atoms with Gasteiger partial charge in [-0.3, -0.25) is 4.79 Å². The summed E-state index contributed by atoms with van der Waals surface area (Å²) in [6.45, 7) is -0.0252. The van der Waals surface area contributed by atoms with Crippen LogP contribution in [0, 0.1) is 0 Å². The van der Waals surface area contributed by atoms with Gasteiger partial charge in [0.2, 0.25) is 0 Å². The fraction of sp³-hybridized carbons (Fsp3) is 0.400. The molecule has 0 atom stereocenters. The van der Waals surface area contributed by atoms with Crippen LogP contribution in [0.1, 0.15) is 47.3 Å². The van der Waals surface area contributed by atoms with Crippen LogP contribution in [0.2, 0.25) is 0 Å². The van der Waals surface area contributed by atoms with Crippen LogP contribution in [0.25, 0.3) is 0 Å². The van der Waals surface area contributed by atoms with Gasteiger partial charge >= 0.3 is 6.18 Å². The molecule has 28 heavy (non-hydrogen) atoms. The van der Waals surface area contributed by atoms with E-state index >= 15 is 0 Å². The Morgan fingerprint density at radius 1 is 1.11 bits per heavy atom. The van der Waals surface area contributed by atoms with Crippen LogP contribution >= 0.6 is 0 Å². The quantitative estimate of drug-likeness (QED) is 0.723.